The summed E-state index contributed by atoms with van der Waals surface area (Å²) in [5.74, 6) is 4.64. The number of nitrogens with two attached hydrogens (primary N) is 1. The molecule has 0 saturated heterocycles. The van der Waals surface area contributed by atoms with E-state index in [1.807, 2.05) is 5.20 Å². The van der Waals surface area contributed by atoms with Crippen molar-refractivity contribution in [2.45, 2.75) is 0 Å². The zero-order valence-electron chi connectivity index (χ0n) is 2.83. The third-order valence-electron chi connectivity index (χ3n) is 0.168. The molecule has 0 aromatic heterocycles. The van der Waals surface area contributed by atoms with E-state index in [-0.39, 0.29) is 0 Å². The van der Waals surface area contributed by atoms with E-state index < -0.39 is 5.70 Å². The molecule has 0 bridgehead atoms. The first-order chi connectivity index (χ1) is 2.56. The maximum Gasteiger partial charge on any atom is 0.261 e. The number of hydrogen-bond donors (Lipinski definition) is 4. The Morgan fingerprint density at radius 3 is 1.83 bits per heavy atom. The van der Waals surface area contributed by atoms with Crippen molar-refractivity contribution in [2.24, 2.45) is 5.84 Å². The minimum absolute atomic E-state index is 1.89. The second-order valence-corrected chi connectivity index (χ2v) is 6.35. The van der Waals surface area contributed by atoms with Crippen LogP contribution < -0.4 is 11.0 Å². The second kappa shape index (κ2) is 2.23. The molecule has 0 aliphatic carbocycles. The molecule has 0 unspecified atom stereocenters. The lowest BCUT2D eigenvalue weighted by molar-refractivity contribution is 0.587. The van der Waals surface area contributed by atoms with E-state index in [4.69, 9.17) is 0 Å². The Bertz CT molecular complexity index is 75.6. The molecular weight excluding hydrogens is 139 g/mol. The van der Waals surface area contributed by atoms with Crippen LogP contribution in [-0.2, 0) is 4.57 Å². The summed E-state index contributed by atoms with van der Waals surface area (Å²) in [6, 6.07) is 0. The first-order valence-electron chi connectivity index (χ1n) is 1.09. The molecule has 0 aliphatic rings. The van der Waals surface area contributed by atoms with E-state index in [9.17, 15) is 4.57 Å². The number of rotatable bonds is 1. The summed E-state index contributed by atoms with van der Waals surface area (Å²) in [5.41, 5.74) is -2.73. The van der Waals surface area contributed by atoms with Crippen molar-refractivity contribution in [3.8, 4) is 0 Å². The highest BCUT2D eigenvalue weighted by atomic mass is 33.1. The second-order valence-electron chi connectivity index (χ2n) is 0.673. The zero-order chi connectivity index (χ0) is 5.21. The zero-order valence-corrected chi connectivity index (χ0v) is 5.51. The van der Waals surface area contributed by atoms with Gasteiger partial charge < -0.3 is 0 Å². The quantitative estimate of drug-likeness (QED) is 0.187. The Kier molecular flexibility index (Phi) is 2.55. The van der Waals surface area contributed by atoms with Gasteiger partial charge in [-0.25, -0.2) is 0 Å². The predicted octanol–water partition coefficient (Wildman–Crippen LogP) is 0.417. The fraction of sp³-hybridized carbons (Fsp3) is 0. The number of hydrogen-bond acceptors (Lipinski definition) is 2. The molecule has 3 N–H and O–H groups in total. The van der Waals surface area contributed by atoms with E-state index in [0.29, 0.717) is 0 Å². The fourth-order valence-electron chi connectivity index (χ4n) is 0. The summed E-state index contributed by atoms with van der Waals surface area (Å²) in [6.45, 7) is 0. The van der Waals surface area contributed by atoms with Crippen LogP contribution in [0.2, 0.25) is 0 Å². The van der Waals surface area contributed by atoms with Crippen molar-refractivity contribution < 1.29 is 4.57 Å². The third kappa shape index (κ3) is 4.85. The van der Waals surface area contributed by atoms with Crippen LogP contribution in [0, 0.1) is 0 Å². The summed E-state index contributed by atoms with van der Waals surface area (Å²) in [7, 11) is 0. The molecule has 0 heterocycles. The molecule has 38 valence electrons. The van der Waals surface area contributed by atoms with Crippen molar-refractivity contribution in [2.75, 3.05) is 0 Å². The van der Waals surface area contributed by atoms with Crippen molar-refractivity contribution >= 4 is 30.2 Å². The molecule has 3 nitrogen and oxygen atoms in total. The first kappa shape index (κ1) is 6.85. The highest BCUT2D eigenvalue weighted by Gasteiger charge is 2.01. The Morgan fingerprint density at radius 2 is 1.83 bits per heavy atom. The normalized spacial score (nSPS) is 11.8. The van der Waals surface area contributed by atoms with Crippen LogP contribution in [0.1, 0.15) is 0 Å². The monoisotopic (exact) mass is 144 g/mol. The molecule has 0 atom stereocenters. The van der Waals surface area contributed by atoms with Gasteiger partial charge in [0.1, 0.15) is 0 Å². The Morgan fingerprint density at radius 1 is 1.67 bits per heavy atom. The predicted molar refractivity (Wildman–Crippen MR) is 32.9 cm³/mol. The minimum Gasteiger partial charge on any atom is -0.282 e. The molecule has 0 rings (SSSR count). The summed E-state index contributed by atoms with van der Waals surface area (Å²) in [6.07, 6.45) is 0. The van der Waals surface area contributed by atoms with E-state index in [2.05, 4.69) is 30.3 Å². The van der Waals surface area contributed by atoms with Crippen molar-refractivity contribution in [3.05, 3.63) is 0 Å². The van der Waals surface area contributed by atoms with Crippen LogP contribution in [0.15, 0.2) is 0 Å². The Balaban J connectivity index is 3.48. The maximum absolute atomic E-state index is 10.1. The maximum atomic E-state index is 10.1. The van der Waals surface area contributed by atoms with Crippen LogP contribution in [0.25, 0.3) is 0 Å². The average Bonchev–Trinajstić information content (AvgIpc) is 1.35. The van der Waals surface area contributed by atoms with Gasteiger partial charge in [-0.05, 0) is 0 Å². The van der Waals surface area contributed by atoms with Crippen LogP contribution >= 0.6 is 30.2 Å². The van der Waals surface area contributed by atoms with Gasteiger partial charge in [-0.1, -0.05) is 24.5 Å². The lowest BCUT2D eigenvalue weighted by Crippen LogP contribution is -2.12. The van der Waals surface area contributed by atoms with Gasteiger partial charge >= 0.3 is 0 Å². The first-order valence-corrected chi connectivity index (χ1v) is 5.11. The van der Waals surface area contributed by atoms with E-state index in [1.54, 1.807) is 0 Å². The van der Waals surface area contributed by atoms with Gasteiger partial charge in [-0.3, -0.25) is 10.4 Å². The third-order valence-corrected chi connectivity index (χ3v) is 1.20. The van der Waals surface area contributed by atoms with E-state index in [1.165, 1.54) is 0 Å². The molecule has 0 aromatic carbocycles. The van der Waals surface area contributed by atoms with Gasteiger partial charge in [-0.2, -0.15) is 5.20 Å². The SMILES string of the molecule is NNP(=O)(S)S. The van der Waals surface area contributed by atoms with Gasteiger partial charge in [-0.15, -0.1) is 0 Å². The van der Waals surface area contributed by atoms with E-state index in [0.717, 1.165) is 0 Å². The molecule has 0 aromatic rings. The lowest BCUT2D eigenvalue weighted by atomic mass is 13.0. The smallest absolute Gasteiger partial charge is 0.261 e. The molecule has 0 fully saturated rings. The van der Waals surface area contributed by atoms with Gasteiger partial charge in [0.15, 0.2) is 0 Å². The van der Waals surface area contributed by atoms with Crippen LogP contribution in [0.4, 0.5) is 0 Å². The topological polar surface area (TPSA) is 55.1 Å². The minimum atomic E-state index is -2.73. The van der Waals surface area contributed by atoms with E-state index >= 15 is 0 Å². The average molecular weight is 144 g/mol. The molecule has 6 heavy (non-hydrogen) atoms. The molecule has 0 amide bonds. The number of thiol groups is 2. The molecule has 0 radical (unpaired) electrons. The molecule has 0 aliphatic heterocycles. The number of hydrazine groups is 1. The van der Waals surface area contributed by atoms with Gasteiger partial charge in [0.05, 0.1) is 0 Å². The Hall–Kier alpha value is 0.850. The summed E-state index contributed by atoms with van der Waals surface area (Å²) >= 11 is 6.88. The van der Waals surface area contributed by atoms with Gasteiger partial charge in [0.25, 0.3) is 5.70 Å². The largest absolute Gasteiger partial charge is 0.282 e. The van der Waals surface area contributed by atoms with Crippen molar-refractivity contribution in [3.63, 3.8) is 0 Å². The van der Waals surface area contributed by atoms with Gasteiger partial charge in [0, 0.05) is 0 Å². The van der Waals surface area contributed by atoms with Crippen LogP contribution in [-0.4, -0.2) is 0 Å². The lowest BCUT2D eigenvalue weighted by Gasteiger charge is -1.96. The van der Waals surface area contributed by atoms with Crippen molar-refractivity contribution in [1.82, 2.24) is 5.20 Å². The van der Waals surface area contributed by atoms with Crippen LogP contribution in [0.3, 0.4) is 0 Å². The van der Waals surface area contributed by atoms with Gasteiger partial charge in [0.2, 0.25) is 0 Å². The summed E-state index contributed by atoms with van der Waals surface area (Å²) in [5, 5.41) is 1.89. The molecule has 0 spiro atoms. The summed E-state index contributed by atoms with van der Waals surface area (Å²) < 4.78 is 10.1. The van der Waals surface area contributed by atoms with Crippen molar-refractivity contribution in [1.29, 1.82) is 0 Å². The molecular formula is H5N2OPS2. The number of nitrogens with one attached hydrogen (secondary N) is 1. The highest BCUT2D eigenvalue weighted by Crippen LogP contribution is 2.49. The Labute approximate surface area is 46.4 Å². The molecule has 0 saturated carbocycles. The fourth-order valence-corrected chi connectivity index (χ4v) is 0. The molecule has 6 heteroatoms. The van der Waals surface area contributed by atoms with Crippen LogP contribution in [0.5, 0.6) is 0 Å². The summed E-state index contributed by atoms with van der Waals surface area (Å²) in [4.78, 5) is 0. The standard InChI is InChI=1S/H5N2OPS2/c1-2-4(3,5)6/h1H2,(H3,2,3,5,6). The highest BCUT2D eigenvalue weighted by molar-refractivity contribution is 8.80.